The molecule has 0 aliphatic heterocycles. The van der Waals surface area contributed by atoms with Gasteiger partial charge in [-0.2, -0.15) is 0 Å². The second-order valence-corrected chi connectivity index (χ2v) is 8.27. The average Bonchev–Trinajstić information content (AvgIpc) is 3.05. The molecule has 1 fully saturated rings. The number of benzene rings is 1. The van der Waals surface area contributed by atoms with Crippen LogP contribution in [0.1, 0.15) is 38.3 Å². The zero-order chi connectivity index (χ0) is 18.5. The van der Waals surface area contributed by atoms with Crippen LogP contribution in [-0.2, 0) is 21.3 Å². The highest BCUT2D eigenvalue weighted by Crippen LogP contribution is 2.23. The van der Waals surface area contributed by atoms with Crippen molar-refractivity contribution in [3.8, 4) is 11.5 Å². The zero-order valence-electron chi connectivity index (χ0n) is 14.7. The summed E-state index contributed by atoms with van der Waals surface area (Å²) in [6.07, 6.45) is 5.88. The van der Waals surface area contributed by atoms with E-state index < -0.39 is 10.8 Å². The standard InChI is InChI=1S/C19H23FN2O3S/c1-13-4-2-3-5-17(13)22-18(23)12-26(24)11-16-10-25-19(21-16)14-6-8-15(20)9-7-14/h6-10,13,17H,2-5,11-12H2,1H3,(H,22,23)/t13-,17+,26+/m1/s1. The fraction of sp³-hybridized carbons (Fsp3) is 0.474. The molecule has 1 aliphatic carbocycles. The summed E-state index contributed by atoms with van der Waals surface area (Å²) >= 11 is 0. The van der Waals surface area contributed by atoms with E-state index in [0.29, 0.717) is 23.1 Å². The molecule has 3 atom stereocenters. The van der Waals surface area contributed by atoms with E-state index >= 15 is 0 Å². The number of amides is 1. The first-order valence-electron chi connectivity index (χ1n) is 8.86. The summed E-state index contributed by atoms with van der Waals surface area (Å²) in [4.78, 5) is 16.4. The van der Waals surface area contributed by atoms with Crippen molar-refractivity contribution in [1.82, 2.24) is 10.3 Å². The van der Waals surface area contributed by atoms with Crippen LogP contribution in [0.4, 0.5) is 4.39 Å². The molecule has 1 aliphatic rings. The molecule has 1 saturated carbocycles. The molecule has 0 unspecified atom stereocenters. The molecule has 0 saturated heterocycles. The Hall–Kier alpha value is -2.02. The Kier molecular flexibility index (Phi) is 6.19. The van der Waals surface area contributed by atoms with Crippen molar-refractivity contribution in [2.24, 2.45) is 5.92 Å². The van der Waals surface area contributed by atoms with Gasteiger partial charge in [-0.1, -0.05) is 19.8 Å². The van der Waals surface area contributed by atoms with E-state index in [9.17, 15) is 13.4 Å². The number of hydrogen-bond acceptors (Lipinski definition) is 4. The highest BCUT2D eigenvalue weighted by molar-refractivity contribution is 7.84. The number of carbonyl (C=O) groups excluding carboxylic acids is 1. The molecule has 0 spiro atoms. The monoisotopic (exact) mass is 378 g/mol. The summed E-state index contributed by atoms with van der Waals surface area (Å²) in [7, 11) is -1.36. The van der Waals surface area contributed by atoms with Crippen LogP contribution in [0.15, 0.2) is 34.9 Å². The third-order valence-corrected chi connectivity index (χ3v) is 5.90. The first-order chi connectivity index (χ1) is 12.5. The Morgan fingerprint density at radius 2 is 2.04 bits per heavy atom. The Morgan fingerprint density at radius 1 is 1.31 bits per heavy atom. The Balaban J connectivity index is 1.51. The normalized spacial score (nSPS) is 21.3. The van der Waals surface area contributed by atoms with Crippen molar-refractivity contribution in [2.45, 2.75) is 44.4 Å². The number of halogens is 1. The maximum absolute atomic E-state index is 13.0. The summed E-state index contributed by atoms with van der Waals surface area (Å²) in [6, 6.07) is 5.98. The molecule has 7 heteroatoms. The number of hydrogen-bond donors (Lipinski definition) is 1. The highest BCUT2D eigenvalue weighted by Gasteiger charge is 2.23. The van der Waals surface area contributed by atoms with Crippen LogP contribution in [0.25, 0.3) is 11.5 Å². The summed E-state index contributed by atoms with van der Waals surface area (Å²) in [5.74, 6) is 0.414. The molecule has 5 nitrogen and oxygen atoms in total. The van der Waals surface area contributed by atoms with Gasteiger partial charge in [0.25, 0.3) is 0 Å². The van der Waals surface area contributed by atoms with Gasteiger partial charge in [-0.3, -0.25) is 9.00 Å². The third kappa shape index (κ3) is 5.00. The van der Waals surface area contributed by atoms with Gasteiger partial charge in [0, 0.05) is 22.4 Å². The van der Waals surface area contributed by atoms with Crippen LogP contribution in [0.2, 0.25) is 0 Å². The lowest BCUT2D eigenvalue weighted by molar-refractivity contribution is -0.119. The lowest BCUT2D eigenvalue weighted by atomic mass is 9.86. The van der Waals surface area contributed by atoms with Crippen LogP contribution in [0, 0.1) is 11.7 Å². The van der Waals surface area contributed by atoms with E-state index in [2.05, 4.69) is 17.2 Å². The van der Waals surface area contributed by atoms with Crippen molar-refractivity contribution in [3.05, 3.63) is 42.0 Å². The smallest absolute Gasteiger partial charge is 0.232 e. The minimum absolute atomic E-state index is 0.0397. The van der Waals surface area contributed by atoms with Crippen LogP contribution in [-0.4, -0.2) is 26.9 Å². The van der Waals surface area contributed by atoms with Gasteiger partial charge in [0.05, 0.1) is 11.4 Å². The quantitative estimate of drug-likeness (QED) is 0.836. The minimum atomic E-state index is -1.36. The van der Waals surface area contributed by atoms with Crippen LogP contribution < -0.4 is 5.32 Å². The predicted octanol–water partition coefficient (Wildman–Crippen LogP) is 3.42. The van der Waals surface area contributed by atoms with Crippen LogP contribution in [0.3, 0.4) is 0 Å². The van der Waals surface area contributed by atoms with Gasteiger partial charge >= 0.3 is 0 Å². The first-order valence-corrected chi connectivity index (χ1v) is 10.3. The van der Waals surface area contributed by atoms with Crippen molar-refractivity contribution in [1.29, 1.82) is 0 Å². The van der Waals surface area contributed by atoms with E-state index in [1.54, 1.807) is 12.1 Å². The third-order valence-electron chi connectivity index (χ3n) is 4.70. The molecule has 140 valence electrons. The van der Waals surface area contributed by atoms with Gasteiger partial charge in [-0.05, 0) is 43.0 Å². The number of oxazole rings is 1. The van der Waals surface area contributed by atoms with E-state index in [0.717, 1.165) is 19.3 Å². The summed E-state index contributed by atoms with van der Waals surface area (Å²) < 4.78 is 30.6. The van der Waals surface area contributed by atoms with Crippen molar-refractivity contribution in [2.75, 3.05) is 5.75 Å². The van der Waals surface area contributed by atoms with Crippen LogP contribution in [0.5, 0.6) is 0 Å². The van der Waals surface area contributed by atoms with Gasteiger partial charge in [0.2, 0.25) is 11.8 Å². The Bertz CT molecular complexity index is 775. The Labute approximate surface area is 154 Å². The maximum atomic E-state index is 13.0. The first kappa shape index (κ1) is 18.8. The van der Waals surface area contributed by atoms with Crippen molar-refractivity contribution in [3.63, 3.8) is 0 Å². The molecule has 1 amide bonds. The van der Waals surface area contributed by atoms with Crippen LogP contribution >= 0.6 is 0 Å². The van der Waals surface area contributed by atoms with E-state index in [1.807, 2.05) is 0 Å². The number of aromatic nitrogens is 1. The molecule has 1 aromatic carbocycles. The van der Waals surface area contributed by atoms with Gasteiger partial charge in [0.15, 0.2) is 0 Å². The highest BCUT2D eigenvalue weighted by atomic mass is 32.2. The Morgan fingerprint density at radius 3 is 2.77 bits per heavy atom. The van der Waals surface area contributed by atoms with E-state index in [-0.39, 0.29) is 29.3 Å². The number of carbonyl (C=O) groups is 1. The molecule has 3 rings (SSSR count). The zero-order valence-corrected chi connectivity index (χ0v) is 15.6. The predicted molar refractivity (Wildman–Crippen MR) is 98.2 cm³/mol. The largest absolute Gasteiger partial charge is 0.444 e. The molecular formula is C19H23FN2O3S. The summed E-state index contributed by atoms with van der Waals surface area (Å²) in [5, 5.41) is 3.01. The molecule has 26 heavy (non-hydrogen) atoms. The summed E-state index contributed by atoms with van der Waals surface area (Å²) in [5.41, 5.74) is 1.16. The van der Waals surface area contributed by atoms with Gasteiger partial charge in [-0.25, -0.2) is 9.37 Å². The summed E-state index contributed by atoms with van der Waals surface area (Å²) in [6.45, 7) is 2.15. The lowest BCUT2D eigenvalue weighted by Gasteiger charge is -2.29. The molecular weight excluding hydrogens is 355 g/mol. The topological polar surface area (TPSA) is 72.2 Å². The van der Waals surface area contributed by atoms with Crippen molar-refractivity contribution < 1.29 is 17.8 Å². The molecule has 1 N–H and O–H groups in total. The SMILES string of the molecule is C[C@@H]1CCCC[C@@H]1NC(=O)C[S@@](=O)Cc1coc(-c2ccc(F)cc2)n1. The van der Waals surface area contributed by atoms with E-state index in [4.69, 9.17) is 4.42 Å². The van der Waals surface area contributed by atoms with Gasteiger partial charge < -0.3 is 9.73 Å². The molecule has 0 bridgehead atoms. The average molecular weight is 378 g/mol. The number of rotatable bonds is 6. The minimum Gasteiger partial charge on any atom is -0.444 e. The van der Waals surface area contributed by atoms with Crippen molar-refractivity contribution >= 4 is 16.7 Å². The maximum Gasteiger partial charge on any atom is 0.232 e. The van der Waals surface area contributed by atoms with Gasteiger partial charge in [0.1, 0.15) is 17.8 Å². The molecule has 2 aromatic rings. The molecule has 1 aromatic heterocycles. The van der Waals surface area contributed by atoms with Gasteiger partial charge in [-0.15, -0.1) is 0 Å². The number of nitrogens with one attached hydrogen (secondary N) is 1. The fourth-order valence-electron chi connectivity index (χ4n) is 3.24. The van der Waals surface area contributed by atoms with E-state index in [1.165, 1.54) is 24.8 Å². The second kappa shape index (κ2) is 8.58. The molecule has 0 radical (unpaired) electrons. The lowest BCUT2D eigenvalue weighted by Crippen LogP contribution is -2.42. The molecule has 1 heterocycles. The fourth-order valence-corrected chi connectivity index (χ4v) is 4.18. The second-order valence-electron chi connectivity index (χ2n) is 6.82. The number of nitrogens with zero attached hydrogens (tertiary/aromatic N) is 1.